The summed E-state index contributed by atoms with van der Waals surface area (Å²) < 4.78 is 6.74. The van der Waals surface area contributed by atoms with Gasteiger partial charge in [0.1, 0.15) is 11.9 Å². The SMILES string of the molecule is COC(=O)[C@H]1Cc2ccccc2CN1C(=O)CSc1nnc(C)n1C. The third kappa shape index (κ3) is 3.53. The van der Waals surface area contributed by atoms with E-state index in [-0.39, 0.29) is 17.6 Å². The molecule has 0 saturated heterocycles. The largest absolute Gasteiger partial charge is 0.467 e. The molecule has 1 aliphatic rings. The van der Waals surface area contributed by atoms with Gasteiger partial charge in [-0.2, -0.15) is 0 Å². The Morgan fingerprint density at radius 2 is 2.00 bits per heavy atom. The fourth-order valence-corrected chi connectivity index (χ4v) is 3.70. The number of thioether (sulfide) groups is 1. The highest BCUT2D eigenvalue weighted by molar-refractivity contribution is 7.99. The van der Waals surface area contributed by atoms with Crippen molar-refractivity contribution in [3.63, 3.8) is 0 Å². The van der Waals surface area contributed by atoms with Gasteiger partial charge in [-0.3, -0.25) is 4.79 Å². The molecule has 3 rings (SSSR count). The van der Waals surface area contributed by atoms with Crippen LogP contribution < -0.4 is 0 Å². The van der Waals surface area contributed by atoms with Gasteiger partial charge in [0.25, 0.3) is 0 Å². The molecular formula is C17H20N4O3S. The molecule has 0 aliphatic carbocycles. The van der Waals surface area contributed by atoms with Crippen molar-refractivity contribution in [1.82, 2.24) is 19.7 Å². The molecule has 1 atom stereocenters. The lowest BCUT2D eigenvalue weighted by atomic mass is 9.94. The quantitative estimate of drug-likeness (QED) is 0.605. The summed E-state index contributed by atoms with van der Waals surface area (Å²) in [6.07, 6.45) is 0.475. The number of benzene rings is 1. The van der Waals surface area contributed by atoms with Gasteiger partial charge in [-0.15, -0.1) is 10.2 Å². The van der Waals surface area contributed by atoms with E-state index in [0.717, 1.165) is 17.0 Å². The second kappa shape index (κ2) is 7.26. The van der Waals surface area contributed by atoms with Crippen molar-refractivity contribution in [3.8, 4) is 0 Å². The standard InChI is InChI=1S/C17H20N4O3S/c1-11-18-19-17(20(11)2)25-10-15(22)21-9-13-7-5-4-6-12(13)8-14(21)16(23)24-3/h4-7,14H,8-10H2,1-3H3/t14-/m1/s1. The highest BCUT2D eigenvalue weighted by Gasteiger charge is 2.35. The number of esters is 1. The first-order valence-electron chi connectivity index (χ1n) is 7.94. The lowest BCUT2D eigenvalue weighted by molar-refractivity contribution is -0.153. The van der Waals surface area contributed by atoms with Gasteiger partial charge in [0.2, 0.25) is 5.91 Å². The van der Waals surface area contributed by atoms with Crippen LogP contribution in [0.4, 0.5) is 0 Å². The third-order valence-electron chi connectivity index (χ3n) is 4.42. The Labute approximate surface area is 150 Å². The van der Waals surface area contributed by atoms with Crippen LogP contribution in [0.1, 0.15) is 17.0 Å². The Morgan fingerprint density at radius 1 is 1.28 bits per heavy atom. The topological polar surface area (TPSA) is 77.3 Å². The smallest absolute Gasteiger partial charge is 0.328 e. The molecule has 7 nitrogen and oxygen atoms in total. The molecule has 0 saturated carbocycles. The number of ether oxygens (including phenoxy) is 1. The van der Waals surface area contributed by atoms with E-state index in [1.54, 1.807) is 4.90 Å². The number of nitrogens with zero attached hydrogens (tertiary/aromatic N) is 4. The maximum Gasteiger partial charge on any atom is 0.328 e. The van der Waals surface area contributed by atoms with Crippen LogP contribution in [0.5, 0.6) is 0 Å². The molecule has 0 unspecified atom stereocenters. The summed E-state index contributed by atoms with van der Waals surface area (Å²) in [5.74, 6) is 0.481. The molecule has 1 aromatic carbocycles. The summed E-state index contributed by atoms with van der Waals surface area (Å²) >= 11 is 1.32. The fourth-order valence-electron chi connectivity index (χ4n) is 2.85. The number of aromatic nitrogens is 3. The summed E-state index contributed by atoms with van der Waals surface area (Å²) in [7, 11) is 3.21. The van der Waals surface area contributed by atoms with Crippen molar-refractivity contribution >= 4 is 23.6 Å². The summed E-state index contributed by atoms with van der Waals surface area (Å²) in [5, 5.41) is 8.72. The molecule has 0 spiro atoms. The third-order valence-corrected chi connectivity index (χ3v) is 5.42. The van der Waals surface area contributed by atoms with Gasteiger partial charge in [-0.05, 0) is 18.1 Å². The van der Waals surface area contributed by atoms with E-state index in [2.05, 4.69) is 10.2 Å². The Morgan fingerprint density at radius 3 is 2.64 bits per heavy atom. The average Bonchev–Trinajstić information content (AvgIpc) is 2.96. The van der Waals surface area contributed by atoms with E-state index in [1.165, 1.54) is 18.9 Å². The minimum atomic E-state index is -0.589. The number of fused-ring (bicyclic) bond motifs is 1. The minimum absolute atomic E-state index is 0.115. The molecule has 2 heterocycles. The zero-order chi connectivity index (χ0) is 18.0. The van der Waals surface area contributed by atoms with E-state index >= 15 is 0 Å². The van der Waals surface area contributed by atoms with Gasteiger partial charge in [0.15, 0.2) is 5.16 Å². The van der Waals surface area contributed by atoms with Crippen molar-refractivity contribution in [3.05, 3.63) is 41.2 Å². The predicted octanol–water partition coefficient (Wildman–Crippen LogP) is 1.34. The first kappa shape index (κ1) is 17.5. The van der Waals surface area contributed by atoms with Crippen LogP contribution in [-0.2, 0) is 34.3 Å². The van der Waals surface area contributed by atoms with E-state index < -0.39 is 6.04 Å². The van der Waals surface area contributed by atoms with Gasteiger partial charge in [0, 0.05) is 20.0 Å². The van der Waals surface area contributed by atoms with Crippen molar-refractivity contribution in [2.24, 2.45) is 7.05 Å². The second-order valence-corrected chi connectivity index (χ2v) is 6.85. The first-order chi connectivity index (χ1) is 12.0. The van der Waals surface area contributed by atoms with Gasteiger partial charge < -0.3 is 14.2 Å². The van der Waals surface area contributed by atoms with Gasteiger partial charge in [0.05, 0.1) is 12.9 Å². The van der Waals surface area contributed by atoms with Crippen molar-refractivity contribution in [1.29, 1.82) is 0 Å². The normalized spacial score (nSPS) is 16.4. The number of methoxy groups -OCH3 is 1. The molecule has 0 fully saturated rings. The van der Waals surface area contributed by atoms with Gasteiger partial charge in [-0.1, -0.05) is 36.0 Å². The van der Waals surface area contributed by atoms with Crippen LogP contribution in [-0.4, -0.2) is 50.4 Å². The number of hydrogen-bond acceptors (Lipinski definition) is 6. The Kier molecular flexibility index (Phi) is 5.08. The van der Waals surface area contributed by atoms with E-state index in [0.29, 0.717) is 18.1 Å². The highest BCUT2D eigenvalue weighted by atomic mass is 32.2. The predicted molar refractivity (Wildman–Crippen MR) is 93.0 cm³/mol. The molecule has 8 heteroatoms. The molecule has 0 bridgehead atoms. The van der Waals surface area contributed by atoms with Crippen molar-refractivity contribution in [2.75, 3.05) is 12.9 Å². The average molecular weight is 360 g/mol. The van der Waals surface area contributed by atoms with Crippen LogP contribution in [0.25, 0.3) is 0 Å². The summed E-state index contributed by atoms with van der Waals surface area (Å²) in [6.45, 7) is 2.26. The molecule has 1 aromatic heterocycles. The number of rotatable bonds is 4. The number of aryl methyl sites for hydroxylation is 1. The number of carbonyl (C=O) groups is 2. The summed E-state index contributed by atoms with van der Waals surface area (Å²) in [4.78, 5) is 26.5. The van der Waals surface area contributed by atoms with Crippen molar-refractivity contribution in [2.45, 2.75) is 31.1 Å². The van der Waals surface area contributed by atoms with Crippen LogP contribution in [0.2, 0.25) is 0 Å². The number of amides is 1. The number of carbonyl (C=O) groups excluding carboxylic acids is 2. The summed E-state index contributed by atoms with van der Waals surface area (Å²) in [5.41, 5.74) is 2.15. The maximum absolute atomic E-state index is 12.8. The molecule has 0 N–H and O–H groups in total. The summed E-state index contributed by atoms with van der Waals surface area (Å²) in [6, 6.07) is 7.27. The maximum atomic E-state index is 12.8. The zero-order valence-electron chi connectivity index (χ0n) is 14.4. The van der Waals surface area contributed by atoms with E-state index in [1.807, 2.05) is 42.8 Å². The fraction of sp³-hybridized carbons (Fsp3) is 0.412. The molecule has 1 amide bonds. The Bertz CT molecular complexity index is 805. The van der Waals surface area contributed by atoms with E-state index in [4.69, 9.17) is 4.74 Å². The van der Waals surface area contributed by atoms with Crippen LogP contribution in [0.3, 0.4) is 0 Å². The van der Waals surface area contributed by atoms with Gasteiger partial charge >= 0.3 is 5.97 Å². The first-order valence-corrected chi connectivity index (χ1v) is 8.92. The van der Waals surface area contributed by atoms with Crippen LogP contribution >= 0.6 is 11.8 Å². The van der Waals surface area contributed by atoms with E-state index in [9.17, 15) is 9.59 Å². The van der Waals surface area contributed by atoms with Gasteiger partial charge in [-0.25, -0.2) is 4.79 Å². The zero-order valence-corrected chi connectivity index (χ0v) is 15.2. The monoisotopic (exact) mass is 360 g/mol. The lowest BCUT2D eigenvalue weighted by Crippen LogP contribution is -2.49. The molecular weight excluding hydrogens is 340 g/mol. The molecule has 132 valence electrons. The highest BCUT2D eigenvalue weighted by Crippen LogP contribution is 2.25. The Hall–Kier alpha value is -2.35. The second-order valence-electron chi connectivity index (χ2n) is 5.91. The van der Waals surface area contributed by atoms with Crippen LogP contribution in [0, 0.1) is 6.92 Å². The van der Waals surface area contributed by atoms with Crippen molar-refractivity contribution < 1.29 is 14.3 Å². The molecule has 1 aliphatic heterocycles. The minimum Gasteiger partial charge on any atom is -0.467 e. The molecule has 25 heavy (non-hydrogen) atoms. The van der Waals surface area contributed by atoms with Crippen LogP contribution in [0.15, 0.2) is 29.4 Å². The number of hydrogen-bond donors (Lipinski definition) is 0. The molecule has 0 radical (unpaired) electrons. The Balaban J connectivity index is 1.76. The lowest BCUT2D eigenvalue weighted by Gasteiger charge is -2.35. The molecule has 2 aromatic rings.